The second kappa shape index (κ2) is 7.92. The summed E-state index contributed by atoms with van der Waals surface area (Å²) in [7, 11) is 1.46. The second-order valence-electron chi connectivity index (χ2n) is 5.49. The number of alkyl halides is 3. The van der Waals surface area contributed by atoms with Crippen molar-refractivity contribution in [2.45, 2.75) is 51.8 Å². The van der Waals surface area contributed by atoms with Crippen molar-refractivity contribution in [1.82, 2.24) is 0 Å². The van der Waals surface area contributed by atoms with Gasteiger partial charge in [0.2, 0.25) is 0 Å². The van der Waals surface area contributed by atoms with Gasteiger partial charge in [0.25, 0.3) is 0 Å². The molecule has 0 aromatic rings. The van der Waals surface area contributed by atoms with Crippen LogP contribution in [0.25, 0.3) is 0 Å². The van der Waals surface area contributed by atoms with E-state index in [1.807, 2.05) is 6.92 Å². The molecule has 0 amide bonds. The Morgan fingerprint density at radius 2 is 2.00 bits per heavy atom. The molecule has 0 aliphatic heterocycles. The van der Waals surface area contributed by atoms with E-state index in [1.54, 1.807) is 13.8 Å². The van der Waals surface area contributed by atoms with Crippen LogP contribution in [0.3, 0.4) is 0 Å². The van der Waals surface area contributed by atoms with E-state index in [-0.39, 0.29) is 5.78 Å². The maximum atomic E-state index is 12.4. The van der Waals surface area contributed by atoms with Crippen LogP contribution >= 0.6 is 0 Å². The van der Waals surface area contributed by atoms with Gasteiger partial charge in [-0.2, -0.15) is 0 Å². The van der Waals surface area contributed by atoms with Gasteiger partial charge >= 0.3 is 146 Å². The topological polar surface area (TPSA) is 52.6 Å². The molecule has 0 saturated heterocycles. The molecular formula is C15H19F3HgO4. The summed E-state index contributed by atoms with van der Waals surface area (Å²) in [5.41, 5.74) is 0.791. The summed E-state index contributed by atoms with van der Waals surface area (Å²) in [5, 5.41) is 0. The number of halogens is 3. The van der Waals surface area contributed by atoms with E-state index in [1.165, 1.54) is 10.7 Å². The van der Waals surface area contributed by atoms with Crippen molar-refractivity contribution in [2.24, 2.45) is 0 Å². The van der Waals surface area contributed by atoms with Gasteiger partial charge in [0.1, 0.15) is 0 Å². The van der Waals surface area contributed by atoms with Crippen molar-refractivity contribution in [2.75, 3.05) is 7.11 Å². The minimum atomic E-state index is -5.00. The van der Waals surface area contributed by atoms with E-state index in [9.17, 15) is 22.8 Å². The van der Waals surface area contributed by atoms with Gasteiger partial charge < -0.3 is 0 Å². The van der Waals surface area contributed by atoms with Crippen molar-refractivity contribution >= 4 is 11.8 Å². The van der Waals surface area contributed by atoms with Crippen molar-refractivity contribution in [3.8, 4) is 0 Å². The summed E-state index contributed by atoms with van der Waals surface area (Å²) in [4.78, 5) is 23.2. The van der Waals surface area contributed by atoms with Crippen molar-refractivity contribution in [3.05, 3.63) is 20.3 Å². The quantitative estimate of drug-likeness (QED) is 0.398. The van der Waals surface area contributed by atoms with E-state index in [4.69, 9.17) is 4.74 Å². The van der Waals surface area contributed by atoms with Gasteiger partial charge in [0.15, 0.2) is 0 Å². The van der Waals surface area contributed by atoms with Crippen LogP contribution in [0.15, 0.2) is 20.3 Å². The monoisotopic (exact) mass is 522 g/mol. The SMILES string of the molecule is CCCCC1=C(C)C(=O)/C(=[CH]\[Hg][O]C(=O)C(F)(F)F)C1(C)OC. The first kappa shape index (κ1) is 20.3. The maximum absolute atomic E-state index is 12.4. The van der Waals surface area contributed by atoms with Crippen LogP contribution < -0.4 is 0 Å². The van der Waals surface area contributed by atoms with Gasteiger partial charge in [0, 0.05) is 0 Å². The first-order valence-electron chi connectivity index (χ1n) is 7.34. The molecule has 1 aliphatic carbocycles. The number of allylic oxidation sites excluding steroid dienone is 1. The van der Waals surface area contributed by atoms with E-state index >= 15 is 0 Å². The zero-order chi connectivity index (χ0) is 17.8. The molecule has 0 N–H and O–H groups in total. The van der Waals surface area contributed by atoms with Crippen LogP contribution in [-0.4, -0.2) is 30.6 Å². The van der Waals surface area contributed by atoms with E-state index in [2.05, 4.69) is 2.64 Å². The second-order valence-corrected chi connectivity index (χ2v) is 9.49. The molecule has 0 fully saturated rings. The third-order valence-electron chi connectivity index (χ3n) is 4.05. The third kappa shape index (κ3) is 4.44. The summed E-state index contributed by atoms with van der Waals surface area (Å²) < 4.78 is 47.7. The van der Waals surface area contributed by atoms with Crippen LogP contribution in [0.4, 0.5) is 13.2 Å². The fraction of sp³-hybridized carbons (Fsp3) is 0.600. The first-order chi connectivity index (χ1) is 10.6. The number of hydrogen-bond donors (Lipinski definition) is 0. The Balaban J connectivity index is 2.97. The number of hydrogen-bond acceptors (Lipinski definition) is 4. The van der Waals surface area contributed by atoms with Crippen molar-refractivity contribution in [1.29, 1.82) is 0 Å². The number of ether oxygens (including phenoxy) is 1. The number of methoxy groups -OCH3 is 1. The summed E-state index contributed by atoms with van der Waals surface area (Å²) in [5.74, 6) is -2.42. The molecule has 0 aromatic carbocycles. The van der Waals surface area contributed by atoms with Gasteiger partial charge in [-0.15, -0.1) is 0 Å². The molecule has 1 unspecified atom stereocenters. The standard InChI is InChI=1S/C13H19O2.C2HF3O2.Hg/c1-6-7-8-11-9(2)12(14)10(3)13(11,4)15-5;3-2(4,5)1(6)7;/h3H,6-8H2,1-2,4-5H3;(H,6,7);/q;;+1/p-1. The zero-order valence-corrected chi connectivity index (χ0v) is 19.2. The Labute approximate surface area is 146 Å². The molecule has 1 aliphatic rings. The minimum absolute atomic E-state index is 0.233. The van der Waals surface area contributed by atoms with Gasteiger partial charge in [0.05, 0.1) is 0 Å². The molecular weight excluding hydrogens is 502 g/mol. The average Bonchev–Trinajstić information content (AvgIpc) is 2.65. The normalized spacial score (nSPS) is 23.4. The molecule has 23 heavy (non-hydrogen) atoms. The van der Waals surface area contributed by atoms with Gasteiger partial charge in [-0.3, -0.25) is 0 Å². The van der Waals surface area contributed by atoms with Crippen LogP contribution in [-0.2, 0) is 42.0 Å². The number of ketones is 1. The Hall–Kier alpha value is -0.695. The number of unbranched alkanes of at least 4 members (excludes halogenated alkanes) is 1. The Morgan fingerprint density at radius 3 is 2.48 bits per heavy atom. The Kier molecular flexibility index (Phi) is 7.01. The van der Waals surface area contributed by atoms with Crippen LogP contribution in [0, 0.1) is 0 Å². The van der Waals surface area contributed by atoms with Crippen molar-refractivity contribution < 1.29 is 55.2 Å². The van der Waals surface area contributed by atoms with E-state index < -0.39 is 42.8 Å². The average molecular weight is 521 g/mol. The summed E-state index contributed by atoms with van der Waals surface area (Å²) in [6.45, 7) is 5.46. The summed E-state index contributed by atoms with van der Waals surface area (Å²) in [6, 6.07) is 0. The molecule has 0 radical (unpaired) electrons. The number of rotatable bonds is 6. The van der Waals surface area contributed by atoms with E-state index in [0.29, 0.717) is 17.6 Å². The third-order valence-corrected chi connectivity index (χ3v) is 7.95. The predicted octanol–water partition coefficient (Wildman–Crippen LogP) is 3.47. The molecule has 0 heterocycles. The first-order valence-corrected chi connectivity index (χ1v) is 12.8. The van der Waals surface area contributed by atoms with Crippen molar-refractivity contribution in [3.63, 3.8) is 0 Å². The predicted molar refractivity (Wildman–Crippen MR) is 72.9 cm³/mol. The molecule has 1 rings (SSSR count). The number of carbonyl (C=O) groups excluding carboxylic acids is 2. The van der Waals surface area contributed by atoms with E-state index in [0.717, 1.165) is 18.4 Å². The fourth-order valence-corrected chi connectivity index (χ4v) is 7.09. The molecule has 0 bridgehead atoms. The number of carbonyl (C=O) groups is 2. The molecule has 1 atom stereocenters. The Bertz CT molecular complexity index is 551. The molecule has 8 heteroatoms. The zero-order valence-electron chi connectivity index (χ0n) is 13.7. The van der Waals surface area contributed by atoms with Crippen LogP contribution in [0.5, 0.6) is 0 Å². The Morgan fingerprint density at radius 1 is 1.39 bits per heavy atom. The van der Waals surface area contributed by atoms with Crippen LogP contribution in [0.1, 0.15) is 40.0 Å². The fourth-order valence-electron chi connectivity index (χ4n) is 2.66. The van der Waals surface area contributed by atoms with Gasteiger partial charge in [-0.1, -0.05) is 0 Å². The molecule has 0 aromatic heterocycles. The van der Waals surface area contributed by atoms with Gasteiger partial charge in [-0.05, 0) is 0 Å². The molecule has 0 spiro atoms. The van der Waals surface area contributed by atoms with Gasteiger partial charge in [-0.25, -0.2) is 0 Å². The molecule has 126 valence electrons. The molecule has 0 saturated carbocycles. The van der Waals surface area contributed by atoms with Crippen LogP contribution in [0.2, 0.25) is 0 Å². The summed E-state index contributed by atoms with van der Waals surface area (Å²) in [6.07, 6.45) is -2.47. The molecule has 4 nitrogen and oxygen atoms in total. The number of Topliss-reactive ketones (excluding diaryl/α,β-unsaturated/α-hetero) is 1. The summed E-state index contributed by atoms with van der Waals surface area (Å²) >= 11 is -2.79.